The van der Waals surface area contributed by atoms with Gasteiger partial charge in [-0.3, -0.25) is 15.0 Å². The number of halogens is 1. The summed E-state index contributed by atoms with van der Waals surface area (Å²) in [4.78, 5) is 12.9. The predicted molar refractivity (Wildman–Crippen MR) is 86.2 cm³/mol. The summed E-state index contributed by atoms with van der Waals surface area (Å²) >= 11 is 5.97. The van der Waals surface area contributed by atoms with Crippen molar-refractivity contribution in [1.82, 2.24) is 4.90 Å². The van der Waals surface area contributed by atoms with Gasteiger partial charge in [-0.25, -0.2) is 0 Å². The van der Waals surface area contributed by atoms with Crippen molar-refractivity contribution in [3.05, 3.63) is 32.8 Å². The lowest BCUT2D eigenvalue weighted by atomic mass is 10.1. The van der Waals surface area contributed by atoms with E-state index in [1.54, 1.807) is 6.07 Å². The Balaban J connectivity index is 1.99. The summed E-state index contributed by atoms with van der Waals surface area (Å²) in [5, 5.41) is 14.4. The number of anilines is 1. The molecular weight excluding hydrogens is 290 g/mol. The van der Waals surface area contributed by atoms with Crippen LogP contribution in [0.25, 0.3) is 0 Å². The van der Waals surface area contributed by atoms with E-state index in [1.165, 1.54) is 25.3 Å². The summed E-state index contributed by atoms with van der Waals surface area (Å²) in [5.41, 5.74) is 1.68. The van der Waals surface area contributed by atoms with Crippen molar-refractivity contribution in [3.63, 3.8) is 0 Å². The van der Waals surface area contributed by atoms with Crippen LogP contribution in [0.3, 0.4) is 0 Å². The van der Waals surface area contributed by atoms with Gasteiger partial charge in [-0.05, 0) is 51.4 Å². The highest BCUT2D eigenvalue weighted by Gasteiger charge is 2.18. The first-order valence-electron chi connectivity index (χ1n) is 7.41. The van der Waals surface area contributed by atoms with E-state index in [4.69, 9.17) is 11.6 Å². The smallest absolute Gasteiger partial charge is 0.288 e. The maximum Gasteiger partial charge on any atom is 0.288 e. The molecule has 1 heterocycles. The number of likely N-dealkylation sites (tertiary alicyclic amines) is 1. The number of nitrogens with one attached hydrogen (secondary N) is 1. The van der Waals surface area contributed by atoms with E-state index in [9.17, 15) is 10.1 Å². The summed E-state index contributed by atoms with van der Waals surface area (Å²) in [6.07, 6.45) is 3.87. The molecule has 1 atom stereocenters. The van der Waals surface area contributed by atoms with E-state index in [0.29, 0.717) is 6.04 Å². The molecule has 1 N–H and O–H groups in total. The molecule has 0 saturated carbocycles. The Morgan fingerprint density at radius 3 is 2.67 bits per heavy atom. The van der Waals surface area contributed by atoms with Crippen LogP contribution in [0.1, 0.15) is 31.7 Å². The molecule has 1 aliphatic heterocycles. The zero-order valence-electron chi connectivity index (χ0n) is 12.6. The van der Waals surface area contributed by atoms with E-state index < -0.39 is 4.92 Å². The number of nitrogens with zero attached hydrogens (tertiary/aromatic N) is 2. The minimum absolute atomic E-state index is 0.0382. The Kier molecular flexibility index (Phi) is 5.42. The third-order valence-corrected chi connectivity index (χ3v) is 4.40. The highest BCUT2D eigenvalue weighted by molar-refractivity contribution is 6.33. The van der Waals surface area contributed by atoms with Crippen LogP contribution in [0, 0.1) is 17.0 Å². The minimum Gasteiger partial charge on any atom is -0.383 e. The second-order valence-corrected chi connectivity index (χ2v) is 6.11. The molecule has 0 aromatic heterocycles. The van der Waals surface area contributed by atoms with Gasteiger partial charge in [0.15, 0.2) is 0 Å². The van der Waals surface area contributed by atoms with Gasteiger partial charge in [-0.15, -0.1) is 0 Å². The zero-order chi connectivity index (χ0) is 15.4. The summed E-state index contributed by atoms with van der Waals surface area (Å²) in [5.74, 6) is 0. The maximum atomic E-state index is 10.9. The second-order valence-electron chi connectivity index (χ2n) is 5.70. The molecule has 21 heavy (non-hydrogen) atoms. The van der Waals surface area contributed by atoms with Gasteiger partial charge < -0.3 is 5.32 Å². The second kappa shape index (κ2) is 7.09. The highest BCUT2D eigenvalue weighted by atomic mass is 35.5. The van der Waals surface area contributed by atoms with E-state index in [1.807, 2.05) is 6.92 Å². The Labute approximate surface area is 130 Å². The first-order valence-corrected chi connectivity index (χ1v) is 7.79. The van der Waals surface area contributed by atoms with E-state index >= 15 is 0 Å². The largest absolute Gasteiger partial charge is 0.383 e. The molecule has 0 bridgehead atoms. The summed E-state index contributed by atoms with van der Waals surface area (Å²) in [6, 6.07) is 3.62. The van der Waals surface area contributed by atoms with Crippen molar-refractivity contribution in [2.24, 2.45) is 0 Å². The van der Waals surface area contributed by atoms with Crippen LogP contribution in [-0.4, -0.2) is 35.5 Å². The van der Waals surface area contributed by atoms with Crippen LogP contribution in [0.2, 0.25) is 5.02 Å². The highest BCUT2D eigenvalue weighted by Crippen LogP contribution is 2.30. The number of hydrogen-bond acceptors (Lipinski definition) is 4. The molecule has 1 saturated heterocycles. The number of piperidine rings is 1. The van der Waals surface area contributed by atoms with Crippen LogP contribution in [0.15, 0.2) is 12.1 Å². The topological polar surface area (TPSA) is 58.4 Å². The summed E-state index contributed by atoms with van der Waals surface area (Å²) in [6.45, 7) is 7.19. The lowest BCUT2D eigenvalue weighted by Gasteiger charge is -2.32. The number of nitro benzene ring substituents is 1. The fraction of sp³-hybridized carbons (Fsp3) is 0.600. The normalized spacial score (nSPS) is 17.5. The minimum atomic E-state index is -0.449. The molecule has 5 nitrogen and oxygen atoms in total. The zero-order valence-corrected chi connectivity index (χ0v) is 13.3. The average molecular weight is 312 g/mol. The molecule has 1 aromatic carbocycles. The molecule has 1 fully saturated rings. The average Bonchev–Trinajstić information content (AvgIpc) is 2.48. The van der Waals surface area contributed by atoms with Gasteiger partial charge in [0.05, 0.1) is 4.92 Å². The number of hydrogen-bond donors (Lipinski definition) is 1. The first-order chi connectivity index (χ1) is 9.99. The molecule has 1 aliphatic rings. The van der Waals surface area contributed by atoms with Gasteiger partial charge in [0.25, 0.3) is 5.69 Å². The summed E-state index contributed by atoms with van der Waals surface area (Å²) in [7, 11) is 0. The molecular formula is C15H22ClN3O2. The molecule has 0 aliphatic carbocycles. The van der Waals surface area contributed by atoms with Crippen molar-refractivity contribution in [2.45, 2.75) is 39.2 Å². The number of aryl methyl sites for hydroxylation is 1. The molecule has 0 spiro atoms. The maximum absolute atomic E-state index is 10.9. The van der Waals surface area contributed by atoms with Crippen LogP contribution in [0.4, 0.5) is 11.4 Å². The van der Waals surface area contributed by atoms with Crippen LogP contribution < -0.4 is 5.32 Å². The quantitative estimate of drug-likeness (QED) is 0.663. The van der Waals surface area contributed by atoms with Gasteiger partial charge in [0.2, 0.25) is 0 Å². The van der Waals surface area contributed by atoms with E-state index in [2.05, 4.69) is 17.1 Å². The molecule has 6 heteroatoms. The molecule has 116 valence electrons. The number of rotatable bonds is 5. The molecule has 0 amide bonds. The van der Waals surface area contributed by atoms with Crippen LogP contribution in [0.5, 0.6) is 0 Å². The van der Waals surface area contributed by atoms with Gasteiger partial charge in [-0.1, -0.05) is 18.0 Å². The van der Waals surface area contributed by atoms with Gasteiger partial charge in [0, 0.05) is 24.3 Å². The van der Waals surface area contributed by atoms with Gasteiger partial charge in [-0.2, -0.15) is 0 Å². The molecule has 0 radical (unpaired) electrons. The lowest BCUT2D eigenvalue weighted by Crippen LogP contribution is -2.41. The number of benzene rings is 1. The van der Waals surface area contributed by atoms with Crippen molar-refractivity contribution in [2.75, 3.05) is 25.0 Å². The fourth-order valence-electron chi connectivity index (χ4n) is 2.74. The Bertz CT molecular complexity index is 516. The fourth-order valence-corrected chi connectivity index (χ4v) is 2.98. The predicted octanol–water partition coefficient (Wildman–Crippen LogP) is 3.84. The molecule has 2 rings (SSSR count). The molecule has 1 aromatic rings. The third kappa shape index (κ3) is 4.08. The molecule has 1 unspecified atom stereocenters. The van der Waals surface area contributed by atoms with Crippen molar-refractivity contribution in [1.29, 1.82) is 0 Å². The lowest BCUT2D eigenvalue weighted by molar-refractivity contribution is -0.384. The standard InChI is InChI=1S/C15H22ClN3O2/c1-11-8-15(19(20)21)13(16)9-14(11)17-10-12(2)18-6-4-3-5-7-18/h8-9,12,17H,3-7,10H2,1-2H3. The summed E-state index contributed by atoms with van der Waals surface area (Å²) < 4.78 is 0. The van der Waals surface area contributed by atoms with Crippen LogP contribution in [-0.2, 0) is 0 Å². The third-order valence-electron chi connectivity index (χ3n) is 4.09. The Morgan fingerprint density at radius 2 is 2.05 bits per heavy atom. The monoisotopic (exact) mass is 311 g/mol. The van der Waals surface area contributed by atoms with Crippen molar-refractivity contribution < 1.29 is 4.92 Å². The van der Waals surface area contributed by atoms with E-state index in [-0.39, 0.29) is 10.7 Å². The van der Waals surface area contributed by atoms with Gasteiger partial charge >= 0.3 is 0 Å². The number of nitro groups is 1. The van der Waals surface area contributed by atoms with Crippen molar-refractivity contribution >= 4 is 23.0 Å². The van der Waals surface area contributed by atoms with Crippen molar-refractivity contribution in [3.8, 4) is 0 Å². The first kappa shape index (κ1) is 16.0. The SMILES string of the molecule is Cc1cc([N+](=O)[O-])c(Cl)cc1NCC(C)N1CCCCC1. The van der Waals surface area contributed by atoms with Gasteiger partial charge in [0.1, 0.15) is 5.02 Å². The van der Waals surface area contributed by atoms with Crippen LogP contribution >= 0.6 is 11.6 Å². The van der Waals surface area contributed by atoms with E-state index in [0.717, 1.165) is 30.9 Å². The Hall–Kier alpha value is -1.33. The Morgan fingerprint density at radius 1 is 1.38 bits per heavy atom.